The fraction of sp³-hybridized carbons (Fsp3) is 0.222. The molecule has 0 radical (unpaired) electrons. The molecule has 0 saturated carbocycles. The molecule has 1 heterocycles. The largest absolute Gasteiger partial charge is 0.497 e. The molecule has 0 unspecified atom stereocenters. The van der Waals surface area contributed by atoms with E-state index in [-0.39, 0.29) is 21.3 Å². The van der Waals surface area contributed by atoms with Gasteiger partial charge in [0.1, 0.15) is 21.3 Å². The van der Waals surface area contributed by atoms with Gasteiger partial charge in [-0.25, -0.2) is 10.9 Å². The van der Waals surface area contributed by atoms with Crippen molar-refractivity contribution in [1.29, 1.82) is 0 Å². The molecule has 2 N–H and O–H groups in total. The zero-order chi connectivity index (χ0) is 33.2. The minimum Gasteiger partial charge on any atom is -0.497 e. The predicted octanol–water partition coefficient (Wildman–Crippen LogP) is 7.18. The Morgan fingerprint density at radius 2 is 1.04 bits per heavy atom. The lowest BCUT2D eigenvalue weighted by atomic mass is 10.1. The van der Waals surface area contributed by atoms with Gasteiger partial charge in [0.15, 0.2) is 11.5 Å². The maximum absolute atomic E-state index is 13.4. The van der Waals surface area contributed by atoms with Gasteiger partial charge >= 0.3 is 0 Å². The summed E-state index contributed by atoms with van der Waals surface area (Å²) in [7, 11) is 3.26. The molecule has 0 aliphatic rings. The molecule has 0 fully saturated rings. The van der Waals surface area contributed by atoms with Gasteiger partial charge in [0.25, 0.3) is 11.8 Å². The summed E-state index contributed by atoms with van der Waals surface area (Å²) < 4.78 is 22.5. The lowest BCUT2D eigenvalue weighted by Gasteiger charge is -2.10. The van der Waals surface area contributed by atoms with Crippen LogP contribution in [-0.4, -0.2) is 51.7 Å². The molecule has 242 valence electrons. The molecule has 0 atom stereocenters. The highest BCUT2D eigenvalue weighted by molar-refractivity contribution is 7.16. The molecule has 0 bridgehead atoms. The number of ether oxygens (including phenoxy) is 4. The molecule has 47 heavy (non-hydrogen) atoms. The average Bonchev–Trinajstić information content (AvgIpc) is 3.47. The van der Waals surface area contributed by atoms with Crippen molar-refractivity contribution in [2.75, 3.05) is 27.4 Å². The van der Waals surface area contributed by atoms with E-state index in [0.717, 1.165) is 55.5 Å². The molecule has 5 aromatic rings. The van der Waals surface area contributed by atoms with Crippen molar-refractivity contribution in [3.8, 4) is 23.0 Å². The van der Waals surface area contributed by atoms with E-state index in [1.165, 1.54) is 0 Å². The van der Waals surface area contributed by atoms with Gasteiger partial charge in [0.2, 0.25) is 0 Å². The predicted molar refractivity (Wildman–Crippen MR) is 187 cm³/mol. The SMILES string of the molecule is CCCOc1c(C(=O)N/N=C/c2ccc3cc(OC)ccc3c2)sc(C(=O)N/N=C/c2ccc3cc(OC)ccc3c2)c1OCCC. The topological polar surface area (TPSA) is 120 Å². The second-order valence-electron chi connectivity index (χ2n) is 10.5. The maximum Gasteiger partial charge on any atom is 0.285 e. The Bertz CT molecular complexity index is 1810. The van der Waals surface area contributed by atoms with Crippen molar-refractivity contribution in [1.82, 2.24) is 10.9 Å². The fourth-order valence-electron chi connectivity index (χ4n) is 4.70. The molecule has 0 spiro atoms. The number of fused-ring (bicyclic) bond motifs is 2. The van der Waals surface area contributed by atoms with E-state index in [1.54, 1.807) is 26.6 Å². The van der Waals surface area contributed by atoms with Gasteiger partial charge in [0, 0.05) is 0 Å². The van der Waals surface area contributed by atoms with Gasteiger partial charge in [-0.15, -0.1) is 11.3 Å². The third kappa shape index (κ3) is 8.06. The number of carbonyl (C=O) groups is 2. The molecule has 11 heteroatoms. The van der Waals surface area contributed by atoms with Crippen LogP contribution in [-0.2, 0) is 0 Å². The number of thiophene rings is 1. The normalized spacial score (nSPS) is 11.3. The van der Waals surface area contributed by atoms with E-state index in [2.05, 4.69) is 21.1 Å². The van der Waals surface area contributed by atoms with Crippen LogP contribution in [0.15, 0.2) is 83.0 Å². The Labute approximate surface area is 277 Å². The Morgan fingerprint density at radius 3 is 1.45 bits per heavy atom. The van der Waals surface area contributed by atoms with E-state index in [1.807, 2.05) is 86.6 Å². The van der Waals surface area contributed by atoms with Crippen LogP contribution in [0.3, 0.4) is 0 Å². The van der Waals surface area contributed by atoms with Crippen LogP contribution in [0.2, 0.25) is 0 Å². The Balaban J connectivity index is 1.34. The molecule has 0 saturated heterocycles. The zero-order valence-electron chi connectivity index (χ0n) is 26.7. The standard InChI is InChI=1S/C36H36N4O6S/c1-5-15-45-31-32(46-16-6-2)34(36(42)40-38-22-24-8-10-28-20-30(44-4)14-12-26(28)18-24)47-33(31)35(41)39-37-21-23-7-9-27-19-29(43-3)13-11-25(27)17-23/h7-14,17-22H,5-6,15-16H2,1-4H3,(H,39,41)(H,40,42)/b37-21+,38-22+. The first kappa shape index (κ1) is 33.0. The quantitative estimate of drug-likeness (QED) is 0.0969. The summed E-state index contributed by atoms with van der Waals surface area (Å²) in [5.74, 6) is 0.904. The lowest BCUT2D eigenvalue weighted by molar-refractivity contribution is 0.0945. The number of nitrogens with zero attached hydrogens (tertiary/aromatic N) is 2. The molecular weight excluding hydrogens is 616 g/mol. The molecule has 2 amide bonds. The molecule has 1 aromatic heterocycles. The lowest BCUT2D eigenvalue weighted by Crippen LogP contribution is -2.17. The summed E-state index contributed by atoms with van der Waals surface area (Å²) in [6.45, 7) is 4.57. The number of hydrazone groups is 2. The van der Waals surface area contributed by atoms with Gasteiger partial charge < -0.3 is 18.9 Å². The zero-order valence-corrected chi connectivity index (χ0v) is 27.5. The Morgan fingerprint density at radius 1 is 0.638 bits per heavy atom. The van der Waals surface area contributed by atoms with Crippen LogP contribution in [0, 0.1) is 0 Å². The first-order valence-electron chi connectivity index (χ1n) is 15.2. The van der Waals surface area contributed by atoms with E-state index in [4.69, 9.17) is 18.9 Å². The van der Waals surface area contributed by atoms with Crippen molar-refractivity contribution < 1.29 is 28.5 Å². The first-order valence-corrected chi connectivity index (χ1v) is 16.0. The van der Waals surface area contributed by atoms with Crippen molar-refractivity contribution >= 4 is 57.1 Å². The van der Waals surface area contributed by atoms with Crippen LogP contribution in [0.1, 0.15) is 57.2 Å². The highest BCUT2D eigenvalue weighted by Gasteiger charge is 2.29. The second kappa shape index (κ2) is 15.7. The van der Waals surface area contributed by atoms with Crippen molar-refractivity contribution in [3.05, 3.63) is 93.7 Å². The number of nitrogens with one attached hydrogen (secondary N) is 2. The van der Waals surface area contributed by atoms with Gasteiger partial charge in [-0.1, -0.05) is 50.2 Å². The number of hydrogen-bond acceptors (Lipinski definition) is 9. The number of hydrogen-bond donors (Lipinski definition) is 2. The summed E-state index contributed by atoms with van der Waals surface area (Å²) in [6.07, 6.45) is 4.50. The number of rotatable bonds is 14. The molecule has 10 nitrogen and oxygen atoms in total. The van der Waals surface area contributed by atoms with Gasteiger partial charge in [-0.2, -0.15) is 10.2 Å². The molecular formula is C36H36N4O6S. The third-order valence-electron chi connectivity index (χ3n) is 7.04. The average molecular weight is 653 g/mol. The molecule has 5 rings (SSSR count). The maximum atomic E-state index is 13.4. The van der Waals surface area contributed by atoms with Gasteiger partial charge in [-0.05, 0) is 81.9 Å². The molecule has 4 aromatic carbocycles. The number of methoxy groups -OCH3 is 2. The van der Waals surface area contributed by atoms with Crippen molar-refractivity contribution in [2.24, 2.45) is 10.2 Å². The van der Waals surface area contributed by atoms with Crippen LogP contribution in [0.5, 0.6) is 23.0 Å². The highest BCUT2D eigenvalue weighted by Crippen LogP contribution is 2.43. The van der Waals surface area contributed by atoms with Crippen LogP contribution in [0.4, 0.5) is 0 Å². The summed E-state index contributed by atoms with van der Waals surface area (Å²) in [6, 6.07) is 23.2. The summed E-state index contributed by atoms with van der Waals surface area (Å²) in [4.78, 5) is 27.1. The fourth-order valence-corrected chi connectivity index (χ4v) is 5.67. The Kier molecular flexibility index (Phi) is 11.0. The van der Waals surface area contributed by atoms with Crippen molar-refractivity contribution in [2.45, 2.75) is 26.7 Å². The second-order valence-corrected chi connectivity index (χ2v) is 11.5. The minimum absolute atomic E-state index is 0.173. The smallest absolute Gasteiger partial charge is 0.285 e. The van der Waals surface area contributed by atoms with E-state index < -0.39 is 11.8 Å². The summed E-state index contributed by atoms with van der Waals surface area (Å²) >= 11 is 0.961. The first-order chi connectivity index (χ1) is 22.9. The highest BCUT2D eigenvalue weighted by atomic mass is 32.1. The summed E-state index contributed by atoms with van der Waals surface area (Å²) in [5, 5.41) is 12.4. The number of amides is 2. The number of carbonyl (C=O) groups excluding carboxylic acids is 2. The van der Waals surface area contributed by atoms with Crippen LogP contribution < -0.4 is 29.8 Å². The monoisotopic (exact) mass is 652 g/mol. The molecule has 0 aliphatic heterocycles. The summed E-state index contributed by atoms with van der Waals surface area (Å²) in [5.41, 5.74) is 6.73. The minimum atomic E-state index is -0.528. The van der Waals surface area contributed by atoms with E-state index in [0.29, 0.717) is 26.1 Å². The van der Waals surface area contributed by atoms with Gasteiger partial charge in [-0.3, -0.25) is 9.59 Å². The molecule has 0 aliphatic carbocycles. The van der Waals surface area contributed by atoms with E-state index in [9.17, 15) is 9.59 Å². The van der Waals surface area contributed by atoms with Crippen LogP contribution >= 0.6 is 11.3 Å². The van der Waals surface area contributed by atoms with Crippen LogP contribution in [0.25, 0.3) is 21.5 Å². The van der Waals surface area contributed by atoms with Gasteiger partial charge in [0.05, 0.1) is 39.9 Å². The van der Waals surface area contributed by atoms with E-state index >= 15 is 0 Å². The Hall–Kier alpha value is -5.42. The number of benzene rings is 4. The van der Waals surface area contributed by atoms with Crippen molar-refractivity contribution in [3.63, 3.8) is 0 Å². The third-order valence-corrected chi connectivity index (χ3v) is 8.19.